The van der Waals surface area contributed by atoms with Crippen LogP contribution in [-0.4, -0.2) is 96.6 Å². The molecule has 5 fully saturated rings. The molecule has 4 aromatic carbocycles. The third-order valence-electron chi connectivity index (χ3n) is 18.1. The molecule has 2 saturated carbocycles. The van der Waals surface area contributed by atoms with Crippen LogP contribution in [0.4, 0.5) is 9.59 Å². The van der Waals surface area contributed by atoms with Gasteiger partial charge in [-0.05, 0) is 157 Å². The first-order valence-corrected chi connectivity index (χ1v) is 27.5. The molecule has 14 nitrogen and oxygen atoms in total. The number of alkyl carbamates (subject to hydrolysis) is 1. The Hall–Kier alpha value is -6.70. The van der Waals surface area contributed by atoms with Crippen LogP contribution in [-0.2, 0) is 44.7 Å². The topological polar surface area (TPSA) is 166 Å². The van der Waals surface area contributed by atoms with Crippen LogP contribution in [0.2, 0.25) is 0 Å². The maximum atomic E-state index is 14.5. The number of likely N-dealkylation sites (tertiary alicyclic amines) is 1. The Kier molecular flexibility index (Phi) is 12.3. The number of aromatic nitrogens is 4. The van der Waals surface area contributed by atoms with E-state index in [1.165, 1.54) is 47.6 Å². The summed E-state index contributed by atoms with van der Waals surface area (Å²) in [5.74, 6) is 1.89. The van der Waals surface area contributed by atoms with E-state index in [9.17, 15) is 19.2 Å². The highest BCUT2D eigenvalue weighted by atomic mass is 16.5. The number of nitrogens with zero attached hydrogens (tertiary/aromatic N) is 5. The van der Waals surface area contributed by atoms with Gasteiger partial charge in [0.05, 0.1) is 48.4 Å². The summed E-state index contributed by atoms with van der Waals surface area (Å²) in [5, 5.41) is 2.84. The van der Waals surface area contributed by atoms with Gasteiger partial charge in [0.15, 0.2) is 0 Å². The minimum Gasteiger partial charge on any atom is -0.453 e. The van der Waals surface area contributed by atoms with Gasteiger partial charge in [-0.25, -0.2) is 19.6 Å². The second kappa shape index (κ2) is 18.9. The van der Waals surface area contributed by atoms with Crippen LogP contribution in [0.15, 0.2) is 72.8 Å². The highest BCUT2D eigenvalue weighted by Crippen LogP contribution is 2.59. The van der Waals surface area contributed by atoms with E-state index >= 15 is 0 Å². The molecule has 3 saturated heterocycles. The second-order valence-electron chi connectivity index (χ2n) is 23.0. The molecule has 2 aromatic heterocycles. The van der Waals surface area contributed by atoms with Gasteiger partial charge >= 0.3 is 12.2 Å². The monoisotopic (exact) mass is 999 g/mol. The number of aromatic amines is 2. The van der Waals surface area contributed by atoms with E-state index in [0.717, 1.165) is 135 Å². The summed E-state index contributed by atoms with van der Waals surface area (Å²) in [6.07, 6.45) is 12.1. The quantitative estimate of drug-likeness (QED) is 0.136. The predicted octanol–water partition coefficient (Wildman–Crippen LogP) is 11.1. The van der Waals surface area contributed by atoms with Gasteiger partial charge in [0.2, 0.25) is 11.8 Å². The molecule has 15 rings (SSSR count). The van der Waals surface area contributed by atoms with Crippen LogP contribution in [0, 0.1) is 23.7 Å². The molecule has 0 radical (unpaired) electrons. The smallest absolute Gasteiger partial charge is 0.412 e. The molecule has 4 bridgehead atoms. The molecular weight excluding hydrogens is 929 g/mol. The van der Waals surface area contributed by atoms with Crippen LogP contribution >= 0.6 is 0 Å². The van der Waals surface area contributed by atoms with Gasteiger partial charge in [-0.1, -0.05) is 95.5 Å². The summed E-state index contributed by atoms with van der Waals surface area (Å²) in [7, 11) is 2.76. The van der Waals surface area contributed by atoms with Crippen LogP contribution in [0.5, 0.6) is 0 Å². The van der Waals surface area contributed by atoms with E-state index in [2.05, 4.69) is 93.0 Å². The predicted molar refractivity (Wildman–Crippen MR) is 284 cm³/mol. The number of fused-ring (bicyclic) bond motifs is 3. The fourth-order valence-corrected chi connectivity index (χ4v) is 14.6. The molecule has 1 spiro atoms. The van der Waals surface area contributed by atoms with E-state index in [1.54, 1.807) is 0 Å². The Balaban J connectivity index is 0.810. The van der Waals surface area contributed by atoms with Crippen LogP contribution in [0.1, 0.15) is 138 Å². The zero-order chi connectivity index (χ0) is 51.2. The van der Waals surface area contributed by atoms with E-state index in [4.69, 9.17) is 19.4 Å². The molecule has 8 atom stereocenters. The van der Waals surface area contributed by atoms with Gasteiger partial charge in [-0.15, -0.1) is 0 Å². The summed E-state index contributed by atoms with van der Waals surface area (Å²) >= 11 is 0. The minimum atomic E-state index is -0.700. The van der Waals surface area contributed by atoms with Crippen molar-refractivity contribution in [3.05, 3.63) is 107 Å². The van der Waals surface area contributed by atoms with Gasteiger partial charge in [-0.3, -0.25) is 14.5 Å². The number of methoxy groups -OCH3 is 2. The van der Waals surface area contributed by atoms with Gasteiger partial charge in [0, 0.05) is 12.0 Å². The summed E-state index contributed by atoms with van der Waals surface area (Å²) < 4.78 is 10.3. The molecule has 6 aromatic rings. The first kappa shape index (κ1) is 48.3. The average Bonchev–Trinajstić information content (AvgIpc) is 4.27. The van der Waals surface area contributed by atoms with Gasteiger partial charge in [0.1, 0.15) is 29.4 Å². The Labute approximate surface area is 433 Å². The van der Waals surface area contributed by atoms with Crippen molar-refractivity contribution in [2.45, 2.75) is 153 Å². The first-order valence-electron chi connectivity index (χ1n) is 27.5. The number of aryl methyl sites for hydroxylation is 4. The molecule has 386 valence electrons. The number of benzene rings is 4. The molecule has 3 N–H and O–H groups in total. The highest BCUT2D eigenvalue weighted by molar-refractivity contribution is 5.92. The summed E-state index contributed by atoms with van der Waals surface area (Å²) in [5.41, 5.74) is 12.8. The van der Waals surface area contributed by atoms with E-state index in [-0.39, 0.29) is 47.7 Å². The molecule has 74 heavy (non-hydrogen) atoms. The Morgan fingerprint density at radius 3 is 1.91 bits per heavy atom. The van der Waals surface area contributed by atoms with Crippen molar-refractivity contribution < 1.29 is 28.7 Å². The van der Waals surface area contributed by atoms with Crippen LogP contribution in [0.25, 0.3) is 44.3 Å². The second-order valence-corrected chi connectivity index (χ2v) is 23.0. The Morgan fingerprint density at radius 2 is 1.31 bits per heavy atom. The number of carbonyl (C=O) groups is 4. The average molecular weight is 999 g/mol. The minimum absolute atomic E-state index is 0.00230. The number of amides is 4. The molecule has 4 amide bonds. The van der Waals surface area contributed by atoms with Crippen molar-refractivity contribution >= 4 is 46.1 Å². The van der Waals surface area contributed by atoms with Crippen molar-refractivity contribution in [1.29, 1.82) is 0 Å². The maximum absolute atomic E-state index is 14.5. The summed E-state index contributed by atoms with van der Waals surface area (Å²) in [4.78, 5) is 78.6. The van der Waals surface area contributed by atoms with Crippen molar-refractivity contribution in [2.75, 3.05) is 14.2 Å². The number of nitrogens with one attached hydrogen (secondary N) is 3. The number of carbonyl (C=O) groups excluding carboxylic acids is 4. The number of rotatable bonds is 8. The maximum Gasteiger partial charge on any atom is 0.412 e. The van der Waals surface area contributed by atoms with Gasteiger partial charge in [-0.2, -0.15) is 0 Å². The third kappa shape index (κ3) is 7.95. The molecule has 9 aliphatic rings. The number of hydrogen-bond acceptors (Lipinski definition) is 8. The lowest BCUT2D eigenvalue weighted by Gasteiger charge is -2.46. The van der Waals surface area contributed by atoms with E-state index in [0.29, 0.717) is 5.92 Å². The zero-order valence-corrected chi connectivity index (χ0v) is 43.7. The molecular formula is C60H70N8O6. The summed E-state index contributed by atoms with van der Waals surface area (Å²) in [6, 6.07) is 25.4. The van der Waals surface area contributed by atoms with Crippen molar-refractivity contribution in [3.63, 3.8) is 0 Å². The van der Waals surface area contributed by atoms with E-state index < -0.39 is 29.9 Å². The molecule has 6 aliphatic carbocycles. The molecule has 3 aliphatic heterocycles. The van der Waals surface area contributed by atoms with Crippen molar-refractivity contribution in [2.24, 2.45) is 23.7 Å². The van der Waals surface area contributed by atoms with Gasteiger partial charge in [0.25, 0.3) is 0 Å². The molecule has 5 heterocycles. The normalized spacial score (nSPS) is 25.8. The SMILES string of the molecule is COC(=O)N[C@H](C(=O)N1[C@H](c2nc3ccc(-c4cc5ccc4CCc4ccc(c(-c6ccc7nc([C@@H]8C[C@@H]9CCCC[C@@]9%10N(C(=O)OC)[C@@H](C(C)C)C(=O)N8%10)[nH]c7c6)c4)CC5)cc3[nH]2)C[C@@H]2CCCC[C@@H]21)C(C)C. The van der Waals surface area contributed by atoms with Crippen LogP contribution < -0.4 is 5.32 Å². The fraction of sp³-hybridized carbons (Fsp3) is 0.500. The highest BCUT2D eigenvalue weighted by Gasteiger charge is 2.69. The van der Waals surface area contributed by atoms with Crippen molar-refractivity contribution in [1.82, 2.24) is 40.0 Å². The standard InChI is InChI=1S/C60H70N8O6/c1-33(2)52(65-58(71)73-5)56(69)66-49-13-8-7-11-41(49)31-50(66)54-61-45-24-22-39(29-47(45)63-54)43-27-35-14-18-37(43)19-15-36-17-21-38(20-16-35)44(28-36)40-23-25-46-48(30-40)64-55(62-46)51-32-42-12-9-10-26-60(42)67(51)57(70)53(34(3)4)68(60)59(72)74-6/h14,17-18,21-25,27-30,33-34,41-42,49-53H,7-13,15-16,19-20,26,31-32H2,1-6H3,(H,61,63)(H,62,64)(H,65,71)/t41-,42-,49-,50-,51-,52-,53-,60+/m0/s1. The van der Waals surface area contributed by atoms with E-state index in [1.807, 2.05) is 37.5 Å². The molecule has 0 unspecified atom stereocenters. The number of imidazole rings is 2. The lowest BCUT2D eigenvalue weighted by Crippen LogP contribution is -2.59. The van der Waals surface area contributed by atoms with Gasteiger partial charge < -0.3 is 34.6 Å². The largest absolute Gasteiger partial charge is 0.453 e. The Bertz CT molecular complexity index is 3190. The number of ether oxygens (including phenoxy) is 2. The lowest BCUT2D eigenvalue weighted by atomic mass is 9.78. The lowest BCUT2D eigenvalue weighted by molar-refractivity contribution is -0.138. The van der Waals surface area contributed by atoms with Crippen molar-refractivity contribution in [3.8, 4) is 22.3 Å². The Morgan fingerprint density at radius 1 is 0.703 bits per heavy atom. The summed E-state index contributed by atoms with van der Waals surface area (Å²) in [6.45, 7) is 7.97. The third-order valence-corrected chi connectivity index (χ3v) is 18.1. The number of H-pyrrole nitrogens is 2. The fourth-order valence-electron chi connectivity index (χ4n) is 14.6. The zero-order valence-electron chi connectivity index (χ0n) is 43.7. The number of hydrogen-bond donors (Lipinski definition) is 3. The van der Waals surface area contributed by atoms with Crippen LogP contribution in [0.3, 0.4) is 0 Å². The first-order chi connectivity index (χ1) is 35.8. The molecule has 14 heteroatoms.